The van der Waals surface area contributed by atoms with Gasteiger partial charge in [-0.2, -0.15) is 9.61 Å². The second-order valence-electron chi connectivity index (χ2n) is 6.79. The van der Waals surface area contributed by atoms with E-state index >= 15 is 0 Å². The standard InChI is InChI=1S/C23H17FN4OS/c24-19-10-12-20(13-11-19)29-15-21-25-26-23-28(21)27-22(30-23)14-16-6-8-18(9-7-16)17-4-2-1-3-5-17/h1-13H,14-15H2. The van der Waals surface area contributed by atoms with Crippen molar-refractivity contribution in [3.8, 4) is 16.9 Å². The number of aromatic nitrogens is 4. The molecule has 2 aromatic heterocycles. The van der Waals surface area contributed by atoms with Crippen LogP contribution in [0.2, 0.25) is 0 Å². The van der Waals surface area contributed by atoms with Gasteiger partial charge in [0, 0.05) is 6.42 Å². The minimum Gasteiger partial charge on any atom is -0.486 e. The molecule has 0 aliphatic carbocycles. The summed E-state index contributed by atoms with van der Waals surface area (Å²) in [5.74, 6) is 0.881. The van der Waals surface area contributed by atoms with Gasteiger partial charge in [-0.15, -0.1) is 10.2 Å². The molecule has 7 heteroatoms. The van der Waals surface area contributed by atoms with Gasteiger partial charge in [-0.05, 0) is 41.0 Å². The van der Waals surface area contributed by atoms with Gasteiger partial charge in [-0.25, -0.2) is 4.39 Å². The first kappa shape index (κ1) is 18.4. The fourth-order valence-corrected chi connectivity index (χ4v) is 4.04. The Morgan fingerprint density at radius 2 is 1.57 bits per heavy atom. The number of halogens is 1. The Bertz CT molecular complexity index is 1260. The Kier molecular flexibility index (Phi) is 4.94. The Hall–Kier alpha value is -3.58. The smallest absolute Gasteiger partial charge is 0.234 e. The summed E-state index contributed by atoms with van der Waals surface area (Å²) in [6, 6.07) is 24.7. The van der Waals surface area contributed by atoms with E-state index in [1.165, 1.54) is 40.2 Å². The first-order valence-corrected chi connectivity index (χ1v) is 10.3. The van der Waals surface area contributed by atoms with Crippen LogP contribution in [-0.4, -0.2) is 19.8 Å². The van der Waals surface area contributed by atoms with Crippen molar-refractivity contribution >= 4 is 16.3 Å². The minimum atomic E-state index is -0.298. The Morgan fingerprint density at radius 1 is 0.833 bits per heavy atom. The van der Waals surface area contributed by atoms with Crippen molar-refractivity contribution in [2.75, 3.05) is 0 Å². The molecule has 0 saturated carbocycles. The van der Waals surface area contributed by atoms with Gasteiger partial charge in [0.25, 0.3) is 0 Å². The predicted molar refractivity (Wildman–Crippen MR) is 114 cm³/mol. The van der Waals surface area contributed by atoms with Gasteiger partial charge in [-0.1, -0.05) is 65.9 Å². The van der Waals surface area contributed by atoms with E-state index in [0.29, 0.717) is 11.6 Å². The van der Waals surface area contributed by atoms with Gasteiger partial charge in [0.1, 0.15) is 23.2 Å². The summed E-state index contributed by atoms with van der Waals surface area (Å²) in [5, 5.41) is 13.9. The van der Waals surface area contributed by atoms with Gasteiger partial charge >= 0.3 is 0 Å². The first-order chi connectivity index (χ1) is 14.7. The number of rotatable bonds is 6. The van der Waals surface area contributed by atoms with E-state index in [4.69, 9.17) is 4.74 Å². The molecule has 5 aromatic rings. The van der Waals surface area contributed by atoms with Crippen LogP contribution in [0.3, 0.4) is 0 Å². The van der Waals surface area contributed by atoms with Crippen LogP contribution in [0.4, 0.5) is 4.39 Å². The van der Waals surface area contributed by atoms with Crippen molar-refractivity contribution in [1.29, 1.82) is 0 Å². The van der Waals surface area contributed by atoms with Crippen LogP contribution in [0.15, 0.2) is 78.9 Å². The molecule has 0 spiro atoms. The summed E-state index contributed by atoms with van der Waals surface area (Å²) in [4.78, 5) is 0.726. The van der Waals surface area contributed by atoms with E-state index in [1.54, 1.807) is 16.6 Å². The Labute approximate surface area is 176 Å². The van der Waals surface area contributed by atoms with Crippen LogP contribution in [0.1, 0.15) is 16.4 Å². The highest BCUT2D eigenvalue weighted by atomic mass is 32.1. The second-order valence-corrected chi connectivity index (χ2v) is 7.83. The number of ether oxygens (including phenoxy) is 1. The molecular formula is C23H17FN4OS. The molecule has 0 aliphatic heterocycles. The molecule has 5 nitrogen and oxygen atoms in total. The predicted octanol–water partition coefficient (Wildman–Crippen LogP) is 5.16. The third-order valence-corrected chi connectivity index (χ3v) is 5.59. The van der Waals surface area contributed by atoms with Crippen molar-refractivity contribution in [3.63, 3.8) is 0 Å². The highest BCUT2D eigenvalue weighted by Crippen LogP contribution is 2.22. The normalized spacial score (nSPS) is 11.1. The molecule has 0 atom stereocenters. The summed E-state index contributed by atoms with van der Waals surface area (Å²) in [5.41, 5.74) is 3.58. The molecule has 3 aromatic carbocycles. The fourth-order valence-electron chi connectivity index (χ4n) is 3.16. The third kappa shape index (κ3) is 3.92. The lowest BCUT2D eigenvalue weighted by Crippen LogP contribution is -2.03. The lowest BCUT2D eigenvalue weighted by molar-refractivity contribution is 0.292. The summed E-state index contributed by atoms with van der Waals surface area (Å²) in [7, 11) is 0. The molecular weight excluding hydrogens is 399 g/mol. The van der Waals surface area contributed by atoms with Crippen molar-refractivity contribution in [1.82, 2.24) is 19.8 Å². The molecule has 0 aliphatic rings. The number of benzene rings is 3. The first-order valence-electron chi connectivity index (χ1n) is 9.47. The molecule has 2 heterocycles. The van der Waals surface area contributed by atoms with E-state index in [1.807, 2.05) is 18.2 Å². The van der Waals surface area contributed by atoms with E-state index < -0.39 is 0 Å². The van der Waals surface area contributed by atoms with Gasteiger partial charge in [0.15, 0.2) is 5.82 Å². The molecule has 0 unspecified atom stereocenters. The summed E-state index contributed by atoms with van der Waals surface area (Å²) in [6.45, 7) is 0.210. The van der Waals surface area contributed by atoms with Crippen LogP contribution in [0, 0.1) is 5.82 Å². The molecule has 0 radical (unpaired) electrons. The number of nitrogens with zero attached hydrogens (tertiary/aromatic N) is 4. The molecule has 148 valence electrons. The van der Waals surface area contributed by atoms with Crippen LogP contribution in [-0.2, 0) is 13.0 Å². The van der Waals surface area contributed by atoms with Crippen molar-refractivity contribution in [2.45, 2.75) is 13.0 Å². The zero-order chi connectivity index (χ0) is 20.3. The third-order valence-electron chi connectivity index (χ3n) is 4.70. The summed E-state index contributed by atoms with van der Waals surface area (Å²) < 4.78 is 20.4. The van der Waals surface area contributed by atoms with Crippen molar-refractivity contribution in [3.05, 3.63) is 101 Å². The minimum absolute atomic E-state index is 0.210. The second kappa shape index (κ2) is 8.04. The Balaban J connectivity index is 1.29. The van der Waals surface area contributed by atoms with Gasteiger partial charge < -0.3 is 4.74 Å². The zero-order valence-electron chi connectivity index (χ0n) is 15.9. The number of hydrogen-bond acceptors (Lipinski definition) is 5. The molecule has 0 saturated heterocycles. The maximum atomic E-state index is 13.0. The Morgan fingerprint density at radius 3 is 2.33 bits per heavy atom. The number of fused-ring (bicyclic) bond motifs is 1. The van der Waals surface area contributed by atoms with Crippen LogP contribution >= 0.6 is 11.3 Å². The zero-order valence-corrected chi connectivity index (χ0v) is 16.7. The molecule has 30 heavy (non-hydrogen) atoms. The average Bonchev–Trinajstić information content (AvgIpc) is 3.35. The van der Waals surface area contributed by atoms with Crippen LogP contribution < -0.4 is 4.74 Å². The lowest BCUT2D eigenvalue weighted by atomic mass is 10.0. The fraction of sp³-hybridized carbons (Fsp3) is 0.0870. The molecule has 5 rings (SSSR count). The molecule has 0 bridgehead atoms. The maximum absolute atomic E-state index is 13.0. The van der Waals surface area contributed by atoms with Gasteiger partial charge in [0.05, 0.1) is 0 Å². The van der Waals surface area contributed by atoms with E-state index in [2.05, 4.69) is 51.7 Å². The average molecular weight is 416 g/mol. The number of hydrogen-bond donors (Lipinski definition) is 0. The van der Waals surface area contributed by atoms with E-state index in [9.17, 15) is 4.39 Å². The highest BCUT2D eigenvalue weighted by molar-refractivity contribution is 7.16. The van der Waals surface area contributed by atoms with E-state index in [0.717, 1.165) is 16.4 Å². The van der Waals surface area contributed by atoms with Crippen molar-refractivity contribution in [2.24, 2.45) is 0 Å². The summed E-state index contributed by atoms with van der Waals surface area (Å²) in [6.07, 6.45) is 0.724. The van der Waals surface area contributed by atoms with Crippen LogP contribution in [0.25, 0.3) is 16.1 Å². The quantitative estimate of drug-likeness (QED) is 0.384. The topological polar surface area (TPSA) is 52.3 Å². The highest BCUT2D eigenvalue weighted by Gasteiger charge is 2.13. The van der Waals surface area contributed by atoms with Crippen molar-refractivity contribution < 1.29 is 9.13 Å². The lowest BCUT2D eigenvalue weighted by Gasteiger charge is -2.04. The molecule has 0 amide bonds. The summed E-state index contributed by atoms with van der Waals surface area (Å²) >= 11 is 1.51. The maximum Gasteiger partial charge on any atom is 0.234 e. The monoisotopic (exact) mass is 416 g/mol. The van der Waals surface area contributed by atoms with Gasteiger partial charge in [-0.3, -0.25) is 0 Å². The van der Waals surface area contributed by atoms with E-state index in [-0.39, 0.29) is 12.4 Å². The molecule has 0 N–H and O–H groups in total. The molecule has 0 fully saturated rings. The SMILES string of the molecule is Fc1ccc(OCc2nnc3sc(Cc4ccc(-c5ccccc5)cc4)nn23)cc1. The van der Waals surface area contributed by atoms with Gasteiger partial charge in [0.2, 0.25) is 4.96 Å². The van der Waals surface area contributed by atoms with Crippen LogP contribution in [0.5, 0.6) is 5.75 Å². The largest absolute Gasteiger partial charge is 0.486 e.